The summed E-state index contributed by atoms with van der Waals surface area (Å²) in [4.78, 5) is 11.7. The van der Waals surface area contributed by atoms with Crippen molar-refractivity contribution in [1.82, 2.24) is 9.88 Å². The Morgan fingerprint density at radius 3 is 2.53 bits per heavy atom. The number of rotatable bonds is 4. The monoisotopic (exact) mass is 259 g/mol. The lowest BCUT2D eigenvalue weighted by atomic mass is 10.3. The van der Waals surface area contributed by atoms with Crippen molar-refractivity contribution in [3.05, 3.63) is 18.0 Å². The van der Waals surface area contributed by atoms with Gasteiger partial charge in [0.25, 0.3) is 5.91 Å². The molecule has 1 rings (SSSR count). The van der Waals surface area contributed by atoms with Crippen molar-refractivity contribution in [3.8, 4) is 0 Å². The smallest absolute Gasteiger partial charge is 0.267 e. The largest absolute Gasteiger partial charge is 0.351 e. The fraction of sp³-hybridized carbons (Fsp3) is 0.500. The fourth-order valence-electron chi connectivity index (χ4n) is 1.47. The molecule has 0 aliphatic heterocycles. The first-order valence-corrected chi connectivity index (χ1v) is 6.84. The van der Waals surface area contributed by atoms with Crippen LogP contribution in [0.4, 0.5) is 0 Å². The molecule has 0 unspecified atom stereocenters. The summed E-state index contributed by atoms with van der Waals surface area (Å²) >= 11 is 0. The van der Waals surface area contributed by atoms with Crippen molar-refractivity contribution in [3.63, 3.8) is 0 Å². The summed E-state index contributed by atoms with van der Waals surface area (Å²) in [7, 11) is -3.79. The molecular formula is C10H17N3O3S. The van der Waals surface area contributed by atoms with E-state index in [4.69, 9.17) is 5.14 Å². The second kappa shape index (κ2) is 4.89. The maximum Gasteiger partial charge on any atom is 0.267 e. The maximum absolute atomic E-state index is 11.7. The van der Waals surface area contributed by atoms with E-state index in [0.717, 1.165) is 0 Å². The van der Waals surface area contributed by atoms with E-state index in [1.54, 1.807) is 11.5 Å². The van der Waals surface area contributed by atoms with Gasteiger partial charge < -0.3 is 9.88 Å². The number of hydrogen-bond acceptors (Lipinski definition) is 3. The van der Waals surface area contributed by atoms with Crippen LogP contribution in [0.1, 0.15) is 37.3 Å². The molecule has 1 aromatic heterocycles. The SMILES string of the molecule is CCNC(=O)c1cc(S(N)(=O)=O)cn1C(C)C. The molecule has 0 atom stereocenters. The Bertz CT molecular complexity index is 517. The molecule has 7 heteroatoms. The first kappa shape index (κ1) is 13.7. The Kier molecular flexibility index (Phi) is 3.94. The van der Waals surface area contributed by atoms with Crippen LogP contribution in [0.15, 0.2) is 17.2 Å². The highest BCUT2D eigenvalue weighted by molar-refractivity contribution is 7.89. The molecule has 6 nitrogen and oxygen atoms in total. The second-order valence-corrected chi connectivity index (χ2v) is 5.53. The van der Waals surface area contributed by atoms with Gasteiger partial charge >= 0.3 is 0 Å². The lowest BCUT2D eigenvalue weighted by molar-refractivity contribution is 0.0945. The Morgan fingerprint density at radius 2 is 2.12 bits per heavy atom. The molecule has 0 bridgehead atoms. The fourth-order valence-corrected chi connectivity index (χ4v) is 2.01. The van der Waals surface area contributed by atoms with Gasteiger partial charge in [0.15, 0.2) is 0 Å². The van der Waals surface area contributed by atoms with Crippen LogP contribution in [0.3, 0.4) is 0 Å². The zero-order valence-electron chi connectivity index (χ0n) is 10.1. The summed E-state index contributed by atoms with van der Waals surface area (Å²) in [5.41, 5.74) is 0.297. The van der Waals surface area contributed by atoms with Crippen molar-refractivity contribution < 1.29 is 13.2 Å². The molecule has 1 amide bonds. The molecule has 0 saturated heterocycles. The van der Waals surface area contributed by atoms with Crippen LogP contribution < -0.4 is 10.5 Å². The summed E-state index contributed by atoms with van der Waals surface area (Å²) in [5.74, 6) is -0.309. The van der Waals surface area contributed by atoms with Crippen LogP contribution in [0, 0.1) is 0 Å². The number of carbonyl (C=O) groups excluding carboxylic acids is 1. The third kappa shape index (κ3) is 3.07. The molecule has 0 fully saturated rings. The highest BCUT2D eigenvalue weighted by Gasteiger charge is 2.19. The number of nitrogens with two attached hydrogens (primary N) is 1. The molecule has 0 radical (unpaired) electrons. The van der Waals surface area contributed by atoms with Crippen molar-refractivity contribution in [2.75, 3.05) is 6.54 Å². The number of nitrogens with one attached hydrogen (secondary N) is 1. The molecule has 0 aromatic carbocycles. The minimum absolute atomic E-state index is 0.0249. The lowest BCUT2D eigenvalue weighted by Crippen LogP contribution is -2.25. The summed E-state index contributed by atoms with van der Waals surface area (Å²) in [6, 6.07) is 1.27. The van der Waals surface area contributed by atoms with Crippen LogP contribution in [0.25, 0.3) is 0 Å². The van der Waals surface area contributed by atoms with E-state index in [1.807, 2.05) is 13.8 Å². The summed E-state index contributed by atoms with van der Waals surface area (Å²) < 4.78 is 24.1. The summed E-state index contributed by atoms with van der Waals surface area (Å²) in [6.45, 7) is 5.99. The van der Waals surface area contributed by atoms with Gasteiger partial charge in [-0.05, 0) is 26.8 Å². The van der Waals surface area contributed by atoms with E-state index in [0.29, 0.717) is 12.2 Å². The van der Waals surface area contributed by atoms with Gasteiger partial charge in [0, 0.05) is 18.8 Å². The minimum atomic E-state index is -3.79. The number of sulfonamides is 1. The Hall–Kier alpha value is -1.34. The predicted molar refractivity (Wildman–Crippen MR) is 64.2 cm³/mol. The molecule has 1 aromatic rings. The molecule has 1 heterocycles. The Balaban J connectivity index is 3.29. The van der Waals surface area contributed by atoms with E-state index >= 15 is 0 Å². The van der Waals surface area contributed by atoms with Crippen LogP contribution in [0.2, 0.25) is 0 Å². The van der Waals surface area contributed by atoms with E-state index in [9.17, 15) is 13.2 Å². The second-order valence-electron chi connectivity index (χ2n) is 3.97. The molecule has 3 N–H and O–H groups in total. The number of aromatic nitrogens is 1. The van der Waals surface area contributed by atoms with Crippen molar-refractivity contribution >= 4 is 15.9 Å². The summed E-state index contributed by atoms with van der Waals surface area (Å²) in [5, 5.41) is 7.67. The van der Waals surface area contributed by atoms with Gasteiger partial charge in [-0.2, -0.15) is 0 Å². The number of primary sulfonamides is 1. The first-order valence-electron chi connectivity index (χ1n) is 5.30. The van der Waals surface area contributed by atoms with Crippen molar-refractivity contribution in [1.29, 1.82) is 0 Å². The zero-order valence-corrected chi connectivity index (χ0v) is 10.9. The van der Waals surface area contributed by atoms with Gasteiger partial charge in [0.05, 0.1) is 0 Å². The van der Waals surface area contributed by atoms with Gasteiger partial charge in [0.1, 0.15) is 10.6 Å². The highest BCUT2D eigenvalue weighted by atomic mass is 32.2. The molecule has 96 valence electrons. The van der Waals surface area contributed by atoms with Crippen LogP contribution >= 0.6 is 0 Å². The number of amides is 1. The van der Waals surface area contributed by atoms with Gasteiger partial charge in [-0.3, -0.25) is 4.79 Å². The van der Waals surface area contributed by atoms with Gasteiger partial charge in [-0.1, -0.05) is 0 Å². The Labute approximate surface area is 101 Å². The molecule has 0 spiro atoms. The highest BCUT2D eigenvalue weighted by Crippen LogP contribution is 2.17. The Morgan fingerprint density at radius 1 is 1.53 bits per heavy atom. The minimum Gasteiger partial charge on any atom is -0.351 e. The molecule has 0 aliphatic rings. The van der Waals surface area contributed by atoms with Crippen LogP contribution in [-0.4, -0.2) is 25.4 Å². The number of nitrogens with zero attached hydrogens (tertiary/aromatic N) is 1. The van der Waals surface area contributed by atoms with E-state index in [2.05, 4.69) is 5.32 Å². The van der Waals surface area contributed by atoms with E-state index in [1.165, 1.54) is 12.3 Å². The molecule has 0 saturated carbocycles. The van der Waals surface area contributed by atoms with Crippen molar-refractivity contribution in [2.24, 2.45) is 5.14 Å². The topological polar surface area (TPSA) is 94.2 Å². The van der Waals surface area contributed by atoms with Crippen molar-refractivity contribution in [2.45, 2.75) is 31.7 Å². The standard InChI is InChI=1S/C10H17N3O3S/c1-4-12-10(14)9-5-8(17(11,15)16)6-13(9)7(2)3/h5-7H,4H2,1-3H3,(H,12,14)(H2,11,15,16). The predicted octanol–water partition coefficient (Wildman–Crippen LogP) is 0.466. The number of carbonyl (C=O) groups is 1. The third-order valence-electron chi connectivity index (χ3n) is 2.28. The zero-order chi connectivity index (χ0) is 13.2. The normalized spacial score (nSPS) is 11.8. The van der Waals surface area contributed by atoms with Crippen LogP contribution in [0.5, 0.6) is 0 Å². The van der Waals surface area contributed by atoms with Gasteiger partial charge in [-0.25, -0.2) is 13.6 Å². The van der Waals surface area contributed by atoms with Gasteiger partial charge in [0.2, 0.25) is 10.0 Å². The quantitative estimate of drug-likeness (QED) is 0.822. The maximum atomic E-state index is 11.7. The van der Waals surface area contributed by atoms with E-state index < -0.39 is 10.0 Å². The third-order valence-corrected chi connectivity index (χ3v) is 3.16. The molecule has 17 heavy (non-hydrogen) atoms. The number of hydrogen-bond donors (Lipinski definition) is 2. The van der Waals surface area contributed by atoms with Gasteiger partial charge in [-0.15, -0.1) is 0 Å². The van der Waals surface area contributed by atoms with Crippen LogP contribution in [-0.2, 0) is 10.0 Å². The molecule has 0 aliphatic carbocycles. The average Bonchev–Trinajstić information content (AvgIpc) is 2.61. The summed E-state index contributed by atoms with van der Waals surface area (Å²) in [6.07, 6.45) is 1.38. The first-order chi connectivity index (χ1) is 7.77. The average molecular weight is 259 g/mol. The molecular weight excluding hydrogens is 242 g/mol. The van der Waals surface area contributed by atoms with E-state index in [-0.39, 0.29) is 16.8 Å². The lowest BCUT2D eigenvalue weighted by Gasteiger charge is -2.11.